The van der Waals surface area contributed by atoms with Crippen molar-refractivity contribution in [2.45, 2.75) is 62.1 Å². The third kappa shape index (κ3) is 3.96. The monoisotopic (exact) mass is 578 g/mol. The number of carboxylic acids is 1. The summed E-state index contributed by atoms with van der Waals surface area (Å²) in [5.74, 6) is -4.06. The van der Waals surface area contributed by atoms with E-state index in [9.17, 15) is 23.5 Å². The number of esters is 1. The predicted octanol–water partition coefficient (Wildman–Crippen LogP) is 4.01. The van der Waals surface area contributed by atoms with Crippen LogP contribution < -0.4 is 5.32 Å². The number of nitrogens with one attached hydrogen (secondary N) is 1. The second-order valence-corrected chi connectivity index (χ2v) is 11.7. The third-order valence-electron chi connectivity index (χ3n) is 8.70. The number of carbonyl (C=O) groups is 2. The molecule has 4 heterocycles. The number of methoxy groups -OCH3 is 1. The third-order valence-corrected chi connectivity index (χ3v) is 9.48. The SMILES string of the molecule is COC(=O)C1=C(CN2[C@H]3C[C@H](CC(=O)O)C[C@@H]2C2(F)CC32F)NC(c2nccs2)=N[C@H]1c1ccc(F)c(F)c1C. The van der Waals surface area contributed by atoms with Gasteiger partial charge in [0.1, 0.15) is 6.04 Å². The maximum absolute atomic E-state index is 15.8. The Hall–Kier alpha value is -3.32. The predicted molar refractivity (Wildman–Crippen MR) is 136 cm³/mol. The molecule has 3 aliphatic heterocycles. The van der Waals surface area contributed by atoms with Gasteiger partial charge < -0.3 is 15.2 Å². The normalized spacial score (nSPS) is 32.8. The Kier molecular flexibility index (Phi) is 6.30. The van der Waals surface area contributed by atoms with Crippen molar-refractivity contribution >= 4 is 29.1 Å². The highest BCUT2D eigenvalue weighted by molar-refractivity contribution is 7.11. The Morgan fingerprint density at radius 1 is 1.23 bits per heavy atom. The number of benzene rings is 1. The van der Waals surface area contributed by atoms with Crippen LogP contribution in [0.3, 0.4) is 0 Å². The zero-order valence-corrected chi connectivity index (χ0v) is 22.4. The van der Waals surface area contributed by atoms with E-state index in [0.29, 0.717) is 5.01 Å². The van der Waals surface area contributed by atoms with Crippen LogP contribution in [-0.4, -0.2) is 69.8 Å². The minimum atomic E-state index is -2.10. The van der Waals surface area contributed by atoms with Gasteiger partial charge in [0.2, 0.25) is 0 Å². The maximum atomic E-state index is 15.8. The molecule has 0 radical (unpaired) electrons. The molecule has 0 spiro atoms. The number of aliphatic imine (C=N–C) groups is 1. The highest BCUT2D eigenvalue weighted by Crippen LogP contribution is 2.70. The lowest BCUT2D eigenvalue weighted by molar-refractivity contribution is -0.139. The molecule has 8 nitrogen and oxygen atoms in total. The van der Waals surface area contributed by atoms with Crippen molar-refractivity contribution in [3.8, 4) is 0 Å². The summed E-state index contributed by atoms with van der Waals surface area (Å²) in [6, 6.07) is -0.600. The number of hydrogen-bond donors (Lipinski definition) is 2. The van der Waals surface area contributed by atoms with Gasteiger partial charge in [-0.15, -0.1) is 11.3 Å². The number of nitrogens with zero attached hydrogens (tertiary/aromatic N) is 3. The number of fused-ring (bicyclic) bond motifs is 5. The molecule has 212 valence electrons. The Bertz CT molecular complexity index is 1440. The largest absolute Gasteiger partial charge is 0.481 e. The lowest BCUT2D eigenvalue weighted by atomic mass is 9.84. The smallest absolute Gasteiger partial charge is 0.338 e. The lowest BCUT2D eigenvalue weighted by Gasteiger charge is -2.42. The first-order valence-electron chi connectivity index (χ1n) is 12.8. The number of piperidine rings is 2. The van der Waals surface area contributed by atoms with E-state index in [1.807, 2.05) is 0 Å². The van der Waals surface area contributed by atoms with Crippen LogP contribution in [0.2, 0.25) is 0 Å². The fourth-order valence-corrected chi connectivity index (χ4v) is 7.35. The molecule has 3 fully saturated rings. The minimum Gasteiger partial charge on any atom is -0.481 e. The minimum absolute atomic E-state index is 0.00142. The number of hydrogen-bond acceptors (Lipinski definition) is 8. The van der Waals surface area contributed by atoms with Gasteiger partial charge in [0.25, 0.3) is 0 Å². The lowest BCUT2D eigenvalue weighted by Crippen LogP contribution is -2.52. The van der Waals surface area contributed by atoms with E-state index in [4.69, 9.17) is 4.74 Å². The van der Waals surface area contributed by atoms with Gasteiger partial charge in [-0.1, -0.05) is 6.07 Å². The van der Waals surface area contributed by atoms with E-state index < -0.39 is 53.0 Å². The number of carbonyl (C=O) groups excluding carboxylic acids is 1. The molecular weight excluding hydrogens is 552 g/mol. The summed E-state index contributed by atoms with van der Waals surface area (Å²) in [6.07, 6.45) is 1.45. The van der Waals surface area contributed by atoms with Crippen LogP contribution in [0.25, 0.3) is 0 Å². The topological polar surface area (TPSA) is 104 Å². The van der Waals surface area contributed by atoms with Crippen molar-refractivity contribution < 1.29 is 37.0 Å². The van der Waals surface area contributed by atoms with Crippen LogP contribution in [0.4, 0.5) is 17.6 Å². The van der Waals surface area contributed by atoms with E-state index in [-0.39, 0.29) is 66.4 Å². The van der Waals surface area contributed by atoms with E-state index in [2.05, 4.69) is 15.3 Å². The highest BCUT2D eigenvalue weighted by Gasteiger charge is 2.85. The molecule has 40 heavy (non-hydrogen) atoms. The number of rotatable bonds is 7. The first-order chi connectivity index (χ1) is 19.0. The van der Waals surface area contributed by atoms with Gasteiger partial charge in [0.05, 0.1) is 12.7 Å². The van der Waals surface area contributed by atoms with Gasteiger partial charge >= 0.3 is 11.9 Å². The number of ether oxygens (including phenoxy) is 1. The molecule has 6 rings (SSSR count). The Morgan fingerprint density at radius 3 is 2.52 bits per heavy atom. The molecule has 6 atom stereocenters. The number of thiazole rings is 1. The molecule has 2 aromatic rings. The van der Waals surface area contributed by atoms with Gasteiger partial charge in [-0.2, -0.15) is 0 Å². The molecule has 13 heteroatoms. The number of carboxylic acid groups (broad SMARTS) is 1. The maximum Gasteiger partial charge on any atom is 0.338 e. The summed E-state index contributed by atoms with van der Waals surface area (Å²) in [5.41, 5.74) is -3.78. The Labute approximate surface area is 230 Å². The van der Waals surface area contributed by atoms with E-state index in [0.717, 1.165) is 6.07 Å². The number of aromatic nitrogens is 1. The molecule has 1 aliphatic carbocycles. The van der Waals surface area contributed by atoms with E-state index in [1.165, 1.54) is 31.4 Å². The van der Waals surface area contributed by atoms with Crippen LogP contribution in [0.1, 0.15) is 47.9 Å². The summed E-state index contributed by atoms with van der Waals surface area (Å²) >= 11 is 1.26. The van der Waals surface area contributed by atoms with Crippen molar-refractivity contribution in [2.24, 2.45) is 10.9 Å². The molecule has 4 aliphatic rings. The molecule has 2 bridgehead atoms. The second-order valence-electron chi connectivity index (χ2n) is 10.8. The summed E-state index contributed by atoms with van der Waals surface area (Å²) in [5, 5.41) is 14.6. The fraction of sp³-hybridized carbons (Fsp3) is 0.481. The first kappa shape index (κ1) is 26.9. The number of amidine groups is 1. The molecule has 2 saturated heterocycles. The summed E-state index contributed by atoms with van der Waals surface area (Å²) in [4.78, 5) is 35.1. The summed E-state index contributed by atoms with van der Waals surface area (Å²) in [7, 11) is 1.17. The van der Waals surface area contributed by atoms with Crippen molar-refractivity contribution in [1.82, 2.24) is 15.2 Å². The fourth-order valence-electron chi connectivity index (χ4n) is 6.76. The average Bonchev–Trinajstić information content (AvgIpc) is 3.20. The number of alkyl halides is 2. The Morgan fingerprint density at radius 2 is 1.93 bits per heavy atom. The average molecular weight is 579 g/mol. The van der Waals surface area contributed by atoms with Crippen LogP contribution in [0.5, 0.6) is 0 Å². The van der Waals surface area contributed by atoms with Gasteiger partial charge in [0.15, 0.2) is 33.8 Å². The van der Waals surface area contributed by atoms with Crippen molar-refractivity contribution in [3.05, 3.63) is 62.7 Å². The second kappa shape index (κ2) is 9.37. The van der Waals surface area contributed by atoms with Crippen molar-refractivity contribution in [1.29, 1.82) is 0 Å². The van der Waals surface area contributed by atoms with Crippen LogP contribution >= 0.6 is 11.3 Å². The molecular formula is C27H26F4N4O4S. The molecule has 1 aromatic heterocycles. The molecule has 1 aromatic carbocycles. The Balaban J connectivity index is 1.44. The number of halogens is 4. The quantitative estimate of drug-likeness (QED) is 0.378. The van der Waals surface area contributed by atoms with Crippen molar-refractivity contribution in [3.63, 3.8) is 0 Å². The zero-order valence-electron chi connectivity index (χ0n) is 21.6. The molecule has 2 unspecified atom stereocenters. The number of aliphatic carboxylic acids is 1. The first-order valence-corrected chi connectivity index (χ1v) is 13.7. The standard InChI is InChI=1S/C27H26F4N4O4S/c1-12-14(3-4-15(28)21(12)29)22-20(25(38)39-2)16(33-23(34-22)24-32-5-6-40-24)10-35-17-7-13(9-19(36)37)8-18(35)27(31)11-26(17,27)30/h3-6,13,17-18,22H,7-11H2,1-2H3,(H,33,34)(H,36,37)/t13-,17-,18+,22-,26?,27?/m0/s1. The molecule has 1 saturated carbocycles. The van der Waals surface area contributed by atoms with Crippen LogP contribution in [0, 0.1) is 24.5 Å². The highest BCUT2D eigenvalue weighted by atomic mass is 32.1. The summed E-state index contributed by atoms with van der Waals surface area (Å²) < 4.78 is 65.4. The van der Waals surface area contributed by atoms with Crippen molar-refractivity contribution in [2.75, 3.05) is 13.7 Å². The summed E-state index contributed by atoms with van der Waals surface area (Å²) in [6.45, 7) is 1.28. The molecule has 0 amide bonds. The van der Waals surface area contributed by atoms with Gasteiger partial charge in [-0.25, -0.2) is 27.3 Å². The molecule has 2 N–H and O–H groups in total. The van der Waals surface area contributed by atoms with E-state index in [1.54, 1.807) is 16.5 Å². The zero-order chi connectivity index (χ0) is 28.6. The van der Waals surface area contributed by atoms with Gasteiger partial charge in [-0.05, 0) is 42.9 Å². The van der Waals surface area contributed by atoms with Crippen LogP contribution in [0.15, 0.2) is 40.0 Å². The van der Waals surface area contributed by atoms with E-state index >= 15 is 8.78 Å². The van der Waals surface area contributed by atoms with Gasteiger partial charge in [0, 0.05) is 48.7 Å². The van der Waals surface area contributed by atoms with Crippen LogP contribution in [-0.2, 0) is 14.3 Å². The van der Waals surface area contributed by atoms with Gasteiger partial charge in [-0.3, -0.25) is 14.7 Å².